The first-order valence-electron chi connectivity index (χ1n) is 9.93. The van der Waals surface area contributed by atoms with Crippen LogP contribution in [0.5, 0.6) is 0 Å². The molecule has 4 rings (SSSR count). The lowest BCUT2D eigenvalue weighted by molar-refractivity contribution is -0.384. The van der Waals surface area contributed by atoms with Crippen molar-refractivity contribution < 1.29 is 4.92 Å². The van der Waals surface area contributed by atoms with Gasteiger partial charge in [-0.3, -0.25) is 14.8 Å². The van der Waals surface area contributed by atoms with Crippen molar-refractivity contribution in [1.29, 1.82) is 0 Å². The van der Waals surface area contributed by atoms with E-state index < -0.39 is 7.21 Å². The van der Waals surface area contributed by atoms with Gasteiger partial charge in [0.25, 0.3) is 5.69 Å². The summed E-state index contributed by atoms with van der Waals surface area (Å²) < 4.78 is 7.93. The van der Waals surface area contributed by atoms with Crippen LogP contribution < -0.4 is 10.6 Å². The van der Waals surface area contributed by atoms with E-state index in [2.05, 4.69) is 53.2 Å². The fourth-order valence-corrected chi connectivity index (χ4v) is 7.71. The zero-order chi connectivity index (χ0) is 20.1. The number of hydrogen-bond acceptors (Lipinski definition) is 3. The Morgan fingerprint density at radius 3 is 1.76 bits per heavy atom. The SMILES string of the molecule is O=[N+]([O-])c1ccc(N=P(c2ccccc2)(c2ccccc2)N2CCCCC2)cc1. The summed E-state index contributed by atoms with van der Waals surface area (Å²) in [5.74, 6) is 0. The molecule has 0 aromatic heterocycles. The monoisotopic (exact) mass is 405 g/mol. The lowest BCUT2D eigenvalue weighted by Crippen LogP contribution is -2.36. The van der Waals surface area contributed by atoms with Crippen LogP contribution in [0.3, 0.4) is 0 Å². The van der Waals surface area contributed by atoms with Gasteiger partial charge in [0.05, 0.1) is 17.8 Å². The minimum Gasteiger partial charge on any atom is -0.262 e. The van der Waals surface area contributed by atoms with Crippen LogP contribution in [0.25, 0.3) is 0 Å². The first-order valence-corrected chi connectivity index (χ1v) is 11.6. The first-order chi connectivity index (χ1) is 14.2. The molecule has 0 unspecified atom stereocenters. The van der Waals surface area contributed by atoms with Gasteiger partial charge in [0, 0.05) is 35.8 Å². The van der Waals surface area contributed by atoms with Crippen LogP contribution in [-0.2, 0) is 0 Å². The Bertz CT molecular complexity index is 972. The number of hydrogen-bond donors (Lipinski definition) is 0. The topological polar surface area (TPSA) is 58.7 Å². The van der Waals surface area contributed by atoms with E-state index in [9.17, 15) is 10.1 Å². The summed E-state index contributed by atoms with van der Waals surface area (Å²) in [7, 11) is -2.25. The minimum atomic E-state index is -2.25. The normalized spacial score (nSPS) is 15.0. The van der Waals surface area contributed by atoms with E-state index >= 15 is 0 Å². The maximum absolute atomic E-state index is 11.1. The average molecular weight is 405 g/mol. The number of nitro groups is 1. The Morgan fingerprint density at radius 1 is 0.759 bits per heavy atom. The second kappa shape index (κ2) is 8.73. The Hall–Kier alpha value is -2.75. The third kappa shape index (κ3) is 4.02. The smallest absolute Gasteiger partial charge is 0.262 e. The fraction of sp³-hybridized carbons (Fsp3) is 0.217. The van der Waals surface area contributed by atoms with Crippen molar-refractivity contribution in [1.82, 2.24) is 4.67 Å². The van der Waals surface area contributed by atoms with Gasteiger partial charge < -0.3 is 0 Å². The van der Waals surface area contributed by atoms with Gasteiger partial charge >= 0.3 is 0 Å². The van der Waals surface area contributed by atoms with E-state index in [1.165, 1.54) is 17.0 Å². The van der Waals surface area contributed by atoms with Gasteiger partial charge in [-0.2, -0.15) is 0 Å². The molecule has 0 radical (unpaired) electrons. The minimum absolute atomic E-state index is 0.0882. The van der Waals surface area contributed by atoms with E-state index in [0.29, 0.717) is 0 Å². The van der Waals surface area contributed by atoms with Crippen LogP contribution in [0.2, 0.25) is 0 Å². The molecule has 1 aliphatic rings. The van der Waals surface area contributed by atoms with Crippen LogP contribution in [0, 0.1) is 10.1 Å². The van der Waals surface area contributed by atoms with Crippen molar-refractivity contribution >= 4 is 29.2 Å². The Kier molecular flexibility index (Phi) is 5.89. The van der Waals surface area contributed by atoms with Gasteiger partial charge in [-0.05, 0) is 25.0 Å². The van der Waals surface area contributed by atoms with Gasteiger partial charge in [0.15, 0.2) is 0 Å². The van der Waals surface area contributed by atoms with Gasteiger partial charge in [0.1, 0.15) is 0 Å². The molecule has 148 valence electrons. The maximum Gasteiger partial charge on any atom is 0.269 e. The summed E-state index contributed by atoms with van der Waals surface area (Å²) in [5, 5.41) is 13.5. The lowest BCUT2D eigenvalue weighted by atomic mass is 10.2. The molecule has 0 saturated carbocycles. The molecule has 1 fully saturated rings. The zero-order valence-electron chi connectivity index (χ0n) is 16.2. The summed E-state index contributed by atoms with van der Waals surface area (Å²) in [5.41, 5.74) is 0.868. The number of nitro benzene ring substituents is 1. The van der Waals surface area contributed by atoms with Gasteiger partial charge in [-0.1, -0.05) is 67.1 Å². The van der Waals surface area contributed by atoms with Gasteiger partial charge in [-0.15, -0.1) is 0 Å². The van der Waals surface area contributed by atoms with Crippen molar-refractivity contribution in [3.8, 4) is 0 Å². The molecule has 0 amide bonds. The van der Waals surface area contributed by atoms with Crippen molar-refractivity contribution in [2.45, 2.75) is 19.3 Å². The van der Waals surface area contributed by atoms with E-state index in [-0.39, 0.29) is 10.6 Å². The summed E-state index contributed by atoms with van der Waals surface area (Å²) in [6.45, 7) is 2.02. The van der Waals surface area contributed by atoms with E-state index in [4.69, 9.17) is 4.74 Å². The van der Waals surface area contributed by atoms with Crippen molar-refractivity contribution in [3.63, 3.8) is 0 Å². The number of benzene rings is 3. The molecule has 6 heteroatoms. The molecule has 1 saturated heterocycles. The Morgan fingerprint density at radius 2 is 1.28 bits per heavy atom. The van der Waals surface area contributed by atoms with Crippen molar-refractivity contribution in [2.75, 3.05) is 13.1 Å². The number of piperidine rings is 1. The van der Waals surface area contributed by atoms with Crippen LogP contribution in [-0.4, -0.2) is 22.7 Å². The molecular weight excluding hydrogens is 381 g/mol. The Labute approximate surface area is 171 Å². The molecule has 3 aromatic rings. The molecule has 3 aromatic carbocycles. The molecule has 0 N–H and O–H groups in total. The highest BCUT2D eigenvalue weighted by molar-refractivity contribution is 7.78. The highest BCUT2D eigenvalue weighted by Gasteiger charge is 2.33. The average Bonchev–Trinajstić information content (AvgIpc) is 2.79. The fourth-order valence-electron chi connectivity index (χ4n) is 3.90. The predicted octanol–water partition coefficient (Wildman–Crippen LogP) is 5.48. The summed E-state index contributed by atoms with van der Waals surface area (Å²) in [4.78, 5) is 10.7. The van der Waals surface area contributed by atoms with Gasteiger partial charge in [0.2, 0.25) is 0 Å². The lowest BCUT2D eigenvalue weighted by Gasteiger charge is -2.39. The molecule has 0 aliphatic carbocycles. The largest absolute Gasteiger partial charge is 0.269 e. The first kappa shape index (κ1) is 19.6. The summed E-state index contributed by atoms with van der Waals surface area (Å²) in [6, 6.07) is 27.7. The van der Waals surface area contributed by atoms with Crippen LogP contribution in [0.15, 0.2) is 89.7 Å². The third-order valence-corrected chi connectivity index (χ3v) is 9.07. The molecule has 5 nitrogen and oxygen atoms in total. The number of non-ortho nitro benzene ring substituents is 1. The highest BCUT2D eigenvalue weighted by Crippen LogP contribution is 2.54. The molecule has 0 spiro atoms. The third-order valence-electron chi connectivity index (χ3n) is 5.29. The van der Waals surface area contributed by atoms with Crippen LogP contribution in [0.4, 0.5) is 11.4 Å². The molecule has 1 heterocycles. The van der Waals surface area contributed by atoms with E-state index in [0.717, 1.165) is 31.6 Å². The quantitative estimate of drug-likeness (QED) is 0.321. The standard InChI is InChI=1S/C23H24N3O2P/c27-26(28)21-16-14-20(15-17-21)24-29(22-10-4-1-5-11-22,23-12-6-2-7-13-23)25-18-8-3-9-19-25/h1-2,4-7,10-17H,3,8-9,18-19H2. The van der Waals surface area contributed by atoms with Crippen LogP contribution in [0.1, 0.15) is 19.3 Å². The van der Waals surface area contributed by atoms with Crippen molar-refractivity contribution in [3.05, 3.63) is 95.0 Å². The second-order valence-electron chi connectivity index (χ2n) is 7.16. The molecule has 1 aliphatic heterocycles. The highest BCUT2D eigenvalue weighted by atomic mass is 31.2. The van der Waals surface area contributed by atoms with E-state index in [1.54, 1.807) is 24.3 Å². The van der Waals surface area contributed by atoms with Gasteiger partial charge in [-0.25, -0.2) is 4.74 Å². The Balaban J connectivity index is 1.97. The molecular formula is C23H24N3O2P. The molecule has 0 atom stereocenters. The summed E-state index contributed by atoms with van der Waals surface area (Å²) >= 11 is 0. The number of rotatable bonds is 5. The van der Waals surface area contributed by atoms with Crippen molar-refractivity contribution in [2.24, 2.45) is 4.74 Å². The number of nitrogens with zero attached hydrogens (tertiary/aromatic N) is 3. The van der Waals surface area contributed by atoms with E-state index in [1.807, 2.05) is 12.1 Å². The maximum atomic E-state index is 11.1. The zero-order valence-corrected chi connectivity index (χ0v) is 17.1. The van der Waals surface area contributed by atoms with Crippen LogP contribution >= 0.6 is 7.21 Å². The predicted molar refractivity (Wildman–Crippen MR) is 120 cm³/mol. The molecule has 0 bridgehead atoms. The summed E-state index contributed by atoms with van der Waals surface area (Å²) in [6.07, 6.45) is 3.58. The second-order valence-corrected chi connectivity index (χ2v) is 10.2. The molecule has 29 heavy (non-hydrogen) atoms.